The molecule has 0 aliphatic heterocycles. The highest BCUT2D eigenvalue weighted by Gasteiger charge is 2.15. The average molecular weight is 284 g/mol. The molecule has 16 heavy (non-hydrogen) atoms. The minimum atomic E-state index is -0.909. The molecule has 0 aliphatic carbocycles. The Bertz CT molecular complexity index is 486. The molecule has 6 heteroatoms. The Balaban J connectivity index is 2.31. The summed E-state index contributed by atoms with van der Waals surface area (Å²) < 4.78 is 5.83. The van der Waals surface area contributed by atoms with Crippen LogP contribution in [0.3, 0.4) is 0 Å². The lowest BCUT2D eigenvalue weighted by molar-refractivity contribution is 0.141. The lowest BCUT2D eigenvalue weighted by atomic mass is 10.2. The van der Waals surface area contributed by atoms with Gasteiger partial charge in [-0.25, -0.2) is 0 Å². The molecule has 1 aromatic heterocycles. The fraction of sp³-hybridized carbons (Fsp3) is 0.200. The number of hydrogen-bond donors (Lipinski definition) is 2. The molecule has 0 unspecified atom stereocenters. The molecule has 2 aromatic rings. The van der Waals surface area contributed by atoms with Crippen LogP contribution >= 0.6 is 15.9 Å². The van der Waals surface area contributed by atoms with Gasteiger partial charge in [-0.2, -0.15) is 4.98 Å². The Morgan fingerprint density at radius 2 is 2.31 bits per heavy atom. The summed E-state index contributed by atoms with van der Waals surface area (Å²) in [5.41, 5.74) is 6.10. The van der Waals surface area contributed by atoms with Crippen LogP contribution in [0.25, 0.3) is 11.4 Å². The molecular formula is C10H10BrN3O2. The number of hydrogen-bond acceptors (Lipinski definition) is 5. The average Bonchev–Trinajstić information content (AvgIpc) is 2.77. The van der Waals surface area contributed by atoms with E-state index in [9.17, 15) is 5.11 Å². The number of aliphatic hydroxyl groups excluding tert-OH is 1. The van der Waals surface area contributed by atoms with Gasteiger partial charge < -0.3 is 15.4 Å². The van der Waals surface area contributed by atoms with Gasteiger partial charge in [0.15, 0.2) is 0 Å². The zero-order valence-electron chi connectivity index (χ0n) is 8.30. The highest BCUT2D eigenvalue weighted by molar-refractivity contribution is 9.10. The van der Waals surface area contributed by atoms with E-state index < -0.39 is 6.10 Å². The van der Waals surface area contributed by atoms with Crippen molar-refractivity contribution in [1.29, 1.82) is 0 Å². The maximum Gasteiger partial charge on any atom is 0.257 e. The van der Waals surface area contributed by atoms with Gasteiger partial charge in [-0.15, -0.1) is 0 Å². The summed E-state index contributed by atoms with van der Waals surface area (Å²) in [4.78, 5) is 4.06. The minimum absolute atomic E-state index is 0.0557. The van der Waals surface area contributed by atoms with E-state index in [1.54, 1.807) is 0 Å². The van der Waals surface area contributed by atoms with Crippen LogP contribution in [0.4, 0.5) is 0 Å². The first-order chi connectivity index (χ1) is 7.70. The van der Waals surface area contributed by atoms with Crippen LogP contribution in [0.5, 0.6) is 0 Å². The molecule has 2 rings (SSSR count). The van der Waals surface area contributed by atoms with Crippen LogP contribution in [0, 0.1) is 0 Å². The molecule has 5 nitrogen and oxygen atoms in total. The fourth-order valence-corrected chi connectivity index (χ4v) is 1.62. The summed E-state index contributed by atoms with van der Waals surface area (Å²) in [6.45, 7) is 0.0557. The number of benzene rings is 1. The standard InChI is InChI=1S/C10H10BrN3O2/c11-7-3-1-2-6(4-7)9-13-10(16-14-9)8(15)5-12/h1-4,8,15H,5,12H2/t8-/m0/s1. The molecule has 0 spiro atoms. The van der Waals surface area contributed by atoms with Gasteiger partial charge in [-0.05, 0) is 12.1 Å². The van der Waals surface area contributed by atoms with Gasteiger partial charge in [0.05, 0.1) is 0 Å². The maximum absolute atomic E-state index is 9.41. The fourth-order valence-electron chi connectivity index (χ4n) is 1.22. The molecule has 84 valence electrons. The smallest absolute Gasteiger partial charge is 0.257 e. The first-order valence-electron chi connectivity index (χ1n) is 4.68. The lowest BCUT2D eigenvalue weighted by Crippen LogP contribution is -2.11. The minimum Gasteiger partial charge on any atom is -0.382 e. The molecule has 3 N–H and O–H groups in total. The van der Waals surface area contributed by atoms with Gasteiger partial charge in [0, 0.05) is 16.6 Å². The van der Waals surface area contributed by atoms with Crippen LogP contribution in [0.15, 0.2) is 33.3 Å². The van der Waals surface area contributed by atoms with Crippen molar-refractivity contribution in [3.8, 4) is 11.4 Å². The number of aromatic nitrogens is 2. The van der Waals surface area contributed by atoms with Gasteiger partial charge in [-0.1, -0.05) is 33.2 Å². The van der Waals surface area contributed by atoms with Crippen LogP contribution in [-0.4, -0.2) is 21.8 Å². The second-order valence-corrected chi connectivity index (χ2v) is 4.13. The van der Waals surface area contributed by atoms with Crippen LogP contribution in [-0.2, 0) is 0 Å². The number of nitrogens with two attached hydrogens (primary N) is 1. The maximum atomic E-state index is 9.41. The van der Waals surface area contributed by atoms with Gasteiger partial charge in [-0.3, -0.25) is 0 Å². The summed E-state index contributed by atoms with van der Waals surface area (Å²) in [6.07, 6.45) is -0.909. The van der Waals surface area contributed by atoms with Gasteiger partial charge in [0.1, 0.15) is 6.10 Å². The van der Waals surface area contributed by atoms with E-state index in [4.69, 9.17) is 10.3 Å². The topological polar surface area (TPSA) is 85.2 Å². The number of aliphatic hydroxyl groups is 1. The summed E-state index contributed by atoms with van der Waals surface area (Å²) >= 11 is 3.35. The van der Waals surface area contributed by atoms with Gasteiger partial charge in [0.25, 0.3) is 5.89 Å². The molecule has 0 saturated heterocycles. The number of nitrogens with zero attached hydrogens (tertiary/aromatic N) is 2. The lowest BCUT2D eigenvalue weighted by Gasteiger charge is -1.98. The van der Waals surface area contributed by atoms with E-state index in [0.717, 1.165) is 10.0 Å². The van der Waals surface area contributed by atoms with E-state index in [1.807, 2.05) is 24.3 Å². The predicted octanol–water partition coefficient (Wildman–Crippen LogP) is 1.49. The van der Waals surface area contributed by atoms with E-state index >= 15 is 0 Å². The third-order valence-electron chi connectivity index (χ3n) is 2.03. The summed E-state index contributed by atoms with van der Waals surface area (Å²) in [7, 11) is 0. The quantitative estimate of drug-likeness (QED) is 0.892. The van der Waals surface area contributed by atoms with Crippen molar-refractivity contribution in [1.82, 2.24) is 10.1 Å². The van der Waals surface area contributed by atoms with Crippen molar-refractivity contribution < 1.29 is 9.63 Å². The van der Waals surface area contributed by atoms with Crippen LogP contribution in [0.2, 0.25) is 0 Å². The molecule has 0 aliphatic rings. The first-order valence-corrected chi connectivity index (χ1v) is 5.47. The predicted molar refractivity (Wildman–Crippen MR) is 61.4 cm³/mol. The molecule has 1 atom stereocenters. The third kappa shape index (κ3) is 2.29. The normalized spacial score (nSPS) is 12.7. The highest BCUT2D eigenvalue weighted by atomic mass is 79.9. The number of rotatable bonds is 3. The van der Waals surface area contributed by atoms with Crippen LogP contribution in [0.1, 0.15) is 12.0 Å². The van der Waals surface area contributed by atoms with Crippen molar-refractivity contribution >= 4 is 15.9 Å². The first kappa shape index (κ1) is 11.3. The molecule has 1 heterocycles. The van der Waals surface area contributed by atoms with Crippen molar-refractivity contribution in [3.63, 3.8) is 0 Å². The zero-order chi connectivity index (χ0) is 11.5. The molecule has 0 bridgehead atoms. The zero-order valence-corrected chi connectivity index (χ0v) is 9.89. The van der Waals surface area contributed by atoms with Crippen molar-refractivity contribution in [3.05, 3.63) is 34.6 Å². The molecule has 0 saturated carbocycles. The Labute approximate surface area is 100 Å². The molecule has 0 radical (unpaired) electrons. The summed E-state index contributed by atoms with van der Waals surface area (Å²) in [6, 6.07) is 7.49. The Hall–Kier alpha value is -1.24. The summed E-state index contributed by atoms with van der Waals surface area (Å²) in [5.74, 6) is 0.571. The monoisotopic (exact) mass is 283 g/mol. The largest absolute Gasteiger partial charge is 0.382 e. The SMILES string of the molecule is NC[C@H](O)c1nc(-c2cccc(Br)c2)no1. The van der Waals surface area contributed by atoms with Crippen LogP contribution < -0.4 is 5.73 Å². The second-order valence-electron chi connectivity index (χ2n) is 3.22. The summed E-state index contributed by atoms with van der Waals surface area (Å²) in [5, 5.41) is 13.2. The van der Waals surface area contributed by atoms with Crippen molar-refractivity contribution in [2.45, 2.75) is 6.10 Å². The third-order valence-corrected chi connectivity index (χ3v) is 2.53. The molecule has 1 aromatic carbocycles. The van der Waals surface area contributed by atoms with Gasteiger partial charge >= 0.3 is 0 Å². The Morgan fingerprint density at radius 1 is 1.50 bits per heavy atom. The highest BCUT2D eigenvalue weighted by Crippen LogP contribution is 2.21. The number of halogens is 1. The van der Waals surface area contributed by atoms with E-state index in [-0.39, 0.29) is 12.4 Å². The Morgan fingerprint density at radius 3 is 3.00 bits per heavy atom. The van der Waals surface area contributed by atoms with Crippen molar-refractivity contribution in [2.75, 3.05) is 6.54 Å². The van der Waals surface area contributed by atoms with E-state index in [1.165, 1.54) is 0 Å². The molecule has 0 fully saturated rings. The van der Waals surface area contributed by atoms with E-state index in [2.05, 4.69) is 26.1 Å². The molecular weight excluding hydrogens is 274 g/mol. The Kier molecular flexibility index (Phi) is 3.33. The van der Waals surface area contributed by atoms with Gasteiger partial charge in [0.2, 0.25) is 5.82 Å². The van der Waals surface area contributed by atoms with Crippen molar-refractivity contribution in [2.24, 2.45) is 5.73 Å². The second kappa shape index (κ2) is 4.73. The van der Waals surface area contributed by atoms with E-state index in [0.29, 0.717) is 5.82 Å². The molecule has 0 amide bonds.